The molecule has 23 heavy (non-hydrogen) atoms. The summed E-state index contributed by atoms with van der Waals surface area (Å²) in [4.78, 5) is 25.5. The van der Waals surface area contributed by atoms with Crippen molar-refractivity contribution in [3.05, 3.63) is 63.6 Å². The Bertz CT molecular complexity index is 704. The van der Waals surface area contributed by atoms with Crippen molar-refractivity contribution in [2.45, 2.75) is 6.92 Å². The molecule has 0 spiro atoms. The zero-order chi connectivity index (χ0) is 16.8. The van der Waals surface area contributed by atoms with Gasteiger partial charge in [-0.3, -0.25) is 9.59 Å². The third-order valence-electron chi connectivity index (χ3n) is 3.23. The highest BCUT2D eigenvalue weighted by Gasteiger charge is 2.12. The Balaban J connectivity index is 1.96. The predicted molar refractivity (Wildman–Crippen MR) is 96.0 cm³/mol. The fraction of sp³-hybridized carbons (Fsp3) is 0.176. The van der Waals surface area contributed by atoms with Crippen molar-refractivity contribution in [1.82, 2.24) is 5.32 Å². The number of carbonyl (C=O) groups is 2. The third kappa shape index (κ3) is 5.08. The van der Waals surface area contributed by atoms with Crippen molar-refractivity contribution in [2.24, 2.45) is 0 Å². The SMILES string of the molecule is CC(=O)N(CCNC(=O)c1cccc(Br)c1)c1ccc(Cl)cc1. The van der Waals surface area contributed by atoms with E-state index in [0.717, 1.165) is 10.2 Å². The van der Waals surface area contributed by atoms with Gasteiger partial charge in [0.15, 0.2) is 0 Å². The summed E-state index contributed by atoms with van der Waals surface area (Å²) in [5, 5.41) is 3.42. The van der Waals surface area contributed by atoms with Gasteiger partial charge in [0.25, 0.3) is 5.91 Å². The number of hydrogen-bond donors (Lipinski definition) is 1. The molecule has 0 unspecified atom stereocenters. The molecule has 0 saturated carbocycles. The molecule has 0 radical (unpaired) electrons. The summed E-state index contributed by atoms with van der Waals surface area (Å²) in [6.45, 7) is 2.23. The molecule has 0 atom stereocenters. The Morgan fingerprint density at radius 3 is 2.48 bits per heavy atom. The van der Waals surface area contributed by atoms with Crippen LogP contribution in [0.1, 0.15) is 17.3 Å². The zero-order valence-electron chi connectivity index (χ0n) is 12.6. The number of nitrogens with zero attached hydrogens (tertiary/aromatic N) is 1. The Hall–Kier alpha value is -1.85. The van der Waals surface area contributed by atoms with Crippen LogP contribution in [0, 0.1) is 0 Å². The van der Waals surface area contributed by atoms with Crippen LogP contribution in [0.3, 0.4) is 0 Å². The first-order valence-corrected chi connectivity index (χ1v) is 8.22. The first-order chi connectivity index (χ1) is 11.0. The molecule has 2 aromatic carbocycles. The van der Waals surface area contributed by atoms with E-state index in [0.29, 0.717) is 23.7 Å². The van der Waals surface area contributed by atoms with Gasteiger partial charge in [-0.05, 0) is 42.5 Å². The van der Waals surface area contributed by atoms with Crippen LogP contribution in [-0.4, -0.2) is 24.9 Å². The molecule has 0 heterocycles. The van der Waals surface area contributed by atoms with Gasteiger partial charge in [0.05, 0.1) is 0 Å². The lowest BCUT2D eigenvalue weighted by molar-refractivity contribution is -0.116. The summed E-state index contributed by atoms with van der Waals surface area (Å²) in [6.07, 6.45) is 0. The van der Waals surface area contributed by atoms with E-state index in [1.807, 2.05) is 6.07 Å². The maximum absolute atomic E-state index is 12.1. The minimum absolute atomic E-state index is 0.0935. The van der Waals surface area contributed by atoms with Gasteiger partial charge in [0.2, 0.25) is 5.91 Å². The Morgan fingerprint density at radius 1 is 1.17 bits per heavy atom. The number of benzene rings is 2. The van der Waals surface area contributed by atoms with Crippen LogP contribution in [0.4, 0.5) is 5.69 Å². The lowest BCUT2D eigenvalue weighted by Gasteiger charge is -2.21. The Labute approximate surface area is 148 Å². The molecule has 4 nitrogen and oxygen atoms in total. The van der Waals surface area contributed by atoms with E-state index in [-0.39, 0.29) is 11.8 Å². The highest BCUT2D eigenvalue weighted by molar-refractivity contribution is 9.10. The van der Waals surface area contributed by atoms with Crippen molar-refractivity contribution in [1.29, 1.82) is 0 Å². The summed E-state index contributed by atoms with van der Waals surface area (Å²) < 4.78 is 0.844. The molecule has 0 bridgehead atoms. The first kappa shape index (κ1) is 17.5. The van der Waals surface area contributed by atoms with Gasteiger partial charge in [0, 0.05) is 40.8 Å². The van der Waals surface area contributed by atoms with Crippen LogP contribution in [0.2, 0.25) is 5.02 Å². The molecule has 0 saturated heterocycles. The standard InChI is InChI=1S/C17H16BrClN2O2/c1-12(22)21(16-7-5-15(19)6-8-16)10-9-20-17(23)13-3-2-4-14(18)11-13/h2-8,11H,9-10H2,1H3,(H,20,23). The largest absolute Gasteiger partial charge is 0.350 e. The van der Waals surface area contributed by atoms with Crippen LogP contribution < -0.4 is 10.2 Å². The molecule has 0 aromatic heterocycles. The fourth-order valence-electron chi connectivity index (χ4n) is 2.10. The van der Waals surface area contributed by atoms with Crippen LogP contribution >= 0.6 is 27.5 Å². The predicted octanol–water partition coefficient (Wildman–Crippen LogP) is 3.89. The molecule has 0 aliphatic heterocycles. The quantitative estimate of drug-likeness (QED) is 0.835. The van der Waals surface area contributed by atoms with E-state index in [1.165, 1.54) is 6.92 Å². The lowest BCUT2D eigenvalue weighted by atomic mass is 10.2. The van der Waals surface area contributed by atoms with E-state index in [9.17, 15) is 9.59 Å². The maximum Gasteiger partial charge on any atom is 0.251 e. The summed E-state index contributed by atoms with van der Waals surface area (Å²) in [5.41, 5.74) is 1.32. The van der Waals surface area contributed by atoms with E-state index in [2.05, 4.69) is 21.2 Å². The van der Waals surface area contributed by atoms with Gasteiger partial charge in [-0.15, -0.1) is 0 Å². The average molecular weight is 396 g/mol. The second kappa shape index (κ2) is 8.13. The van der Waals surface area contributed by atoms with E-state index >= 15 is 0 Å². The van der Waals surface area contributed by atoms with Crippen LogP contribution in [0.25, 0.3) is 0 Å². The molecule has 0 aliphatic carbocycles. The topological polar surface area (TPSA) is 49.4 Å². The van der Waals surface area contributed by atoms with Crippen LogP contribution in [-0.2, 0) is 4.79 Å². The van der Waals surface area contributed by atoms with Gasteiger partial charge >= 0.3 is 0 Å². The van der Waals surface area contributed by atoms with Crippen molar-refractivity contribution in [2.75, 3.05) is 18.0 Å². The van der Waals surface area contributed by atoms with Gasteiger partial charge < -0.3 is 10.2 Å². The molecule has 0 fully saturated rings. The lowest BCUT2D eigenvalue weighted by Crippen LogP contribution is -2.37. The van der Waals surface area contributed by atoms with E-state index < -0.39 is 0 Å². The zero-order valence-corrected chi connectivity index (χ0v) is 14.9. The van der Waals surface area contributed by atoms with Crippen LogP contribution in [0.15, 0.2) is 53.0 Å². The molecule has 6 heteroatoms. The number of nitrogens with one attached hydrogen (secondary N) is 1. The maximum atomic E-state index is 12.1. The number of halogens is 2. The highest BCUT2D eigenvalue weighted by atomic mass is 79.9. The monoisotopic (exact) mass is 394 g/mol. The fourth-order valence-corrected chi connectivity index (χ4v) is 2.63. The van der Waals surface area contributed by atoms with E-state index in [4.69, 9.17) is 11.6 Å². The van der Waals surface area contributed by atoms with Crippen LogP contribution in [0.5, 0.6) is 0 Å². The minimum Gasteiger partial charge on any atom is -0.350 e. The second-order valence-electron chi connectivity index (χ2n) is 4.91. The molecular formula is C17H16BrClN2O2. The summed E-state index contributed by atoms with van der Waals surface area (Å²) in [5.74, 6) is -0.269. The molecule has 120 valence electrons. The number of amides is 2. The summed E-state index contributed by atoms with van der Waals surface area (Å²) in [6, 6.07) is 14.2. The average Bonchev–Trinajstić information content (AvgIpc) is 2.52. The molecule has 1 N–H and O–H groups in total. The highest BCUT2D eigenvalue weighted by Crippen LogP contribution is 2.18. The molecule has 2 aromatic rings. The van der Waals surface area contributed by atoms with Crippen molar-refractivity contribution < 1.29 is 9.59 Å². The van der Waals surface area contributed by atoms with E-state index in [1.54, 1.807) is 47.4 Å². The van der Waals surface area contributed by atoms with Gasteiger partial charge in [0.1, 0.15) is 0 Å². The van der Waals surface area contributed by atoms with Gasteiger partial charge in [-0.25, -0.2) is 0 Å². The number of carbonyl (C=O) groups excluding carboxylic acids is 2. The molecule has 0 aliphatic rings. The summed E-state index contributed by atoms with van der Waals surface area (Å²) in [7, 11) is 0. The van der Waals surface area contributed by atoms with Gasteiger partial charge in [-0.2, -0.15) is 0 Å². The molecule has 2 amide bonds. The first-order valence-electron chi connectivity index (χ1n) is 7.05. The Morgan fingerprint density at radius 2 is 1.87 bits per heavy atom. The van der Waals surface area contributed by atoms with Gasteiger partial charge in [-0.1, -0.05) is 33.6 Å². The third-order valence-corrected chi connectivity index (χ3v) is 3.97. The van der Waals surface area contributed by atoms with Crippen molar-refractivity contribution in [3.8, 4) is 0 Å². The normalized spacial score (nSPS) is 10.2. The Kier molecular flexibility index (Phi) is 6.19. The smallest absolute Gasteiger partial charge is 0.251 e. The van der Waals surface area contributed by atoms with Crippen molar-refractivity contribution >= 4 is 45.0 Å². The minimum atomic E-state index is -0.175. The number of anilines is 1. The molecular weight excluding hydrogens is 380 g/mol. The number of hydrogen-bond acceptors (Lipinski definition) is 2. The van der Waals surface area contributed by atoms with Crippen molar-refractivity contribution in [3.63, 3.8) is 0 Å². The number of rotatable bonds is 5. The second-order valence-corrected chi connectivity index (χ2v) is 6.27. The molecule has 2 rings (SSSR count). The summed E-state index contributed by atoms with van der Waals surface area (Å²) >= 11 is 9.19.